The molecule has 2 N–H and O–H groups in total. The molecule has 0 aromatic heterocycles. The van der Waals surface area contributed by atoms with Gasteiger partial charge in [-0.3, -0.25) is 9.69 Å². The van der Waals surface area contributed by atoms with Crippen molar-refractivity contribution in [3.8, 4) is 0 Å². The third-order valence-electron chi connectivity index (χ3n) is 2.44. The van der Waals surface area contributed by atoms with Crippen LogP contribution in [0.5, 0.6) is 0 Å². The van der Waals surface area contributed by atoms with Crippen LogP contribution >= 0.6 is 0 Å². The predicted molar refractivity (Wildman–Crippen MR) is 54.7 cm³/mol. The van der Waals surface area contributed by atoms with Gasteiger partial charge in [-0.15, -0.1) is 0 Å². The third-order valence-corrected chi connectivity index (χ3v) is 2.44. The number of carboxylic acid groups (broad SMARTS) is 1. The van der Waals surface area contributed by atoms with Crippen LogP contribution < -0.4 is 5.32 Å². The molecule has 15 heavy (non-hydrogen) atoms. The molecule has 0 unspecified atom stereocenters. The van der Waals surface area contributed by atoms with Crippen molar-refractivity contribution < 1.29 is 14.7 Å². The molecule has 1 heterocycles. The number of carbonyl (C=O) groups is 2. The van der Waals surface area contributed by atoms with Crippen LogP contribution in [0, 0.1) is 0 Å². The zero-order valence-electron chi connectivity index (χ0n) is 8.90. The Bertz CT molecular complexity index is 234. The molecule has 0 aromatic carbocycles. The molecule has 1 rings (SSSR count). The Balaban J connectivity index is 2.14. The van der Waals surface area contributed by atoms with Crippen LogP contribution in [0.15, 0.2) is 0 Å². The van der Waals surface area contributed by atoms with Gasteiger partial charge in [0, 0.05) is 46.2 Å². The van der Waals surface area contributed by atoms with Crippen molar-refractivity contribution in [1.29, 1.82) is 0 Å². The molecule has 0 spiro atoms. The van der Waals surface area contributed by atoms with E-state index in [9.17, 15) is 9.59 Å². The van der Waals surface area contributed by atoms with Gasteiger partial charge in [0.05, 0.1) is 0 Å². The fourth-order valence-electron chi connectivity index (χ4n) is 1.55. The van der Waals surface area contributed by atoms with E-state index in [-0.39, 0.29) is 5.91 Å². The first-order chi connectivity index (χ1) is 7.09. The fourth-order valence-corrected chi connectivity index (χ4v) is 1.55. The molecular formula is C9H17N3O3. The largest absolute Gasteiger partial charge is 0.465 e. The Hall–Kier alpha value is -1.30. The molecule has 2 amide bonds. The van der Waals surface area contributed by atoms with E-state index in [1.54, 1.807) is 0 Å². The molecule has 1 aliphatic heterocycles. The van der Waals surface area contributed by atoms with E-state index in [1.807, 2.05) is 0 Å². The minimum atomic E-state index is -0.850. The first-order valence-corrected chi connectivity index (χ1v) is 5.04. The second kappa shape index (κ2) is 5.55. The summed E-state index contributed by atoms with van der Waals surface area (Å²) >= 11 is 0. The first-order valence-electron chi connectivity index (χ1n) is 5.04. The van der Waals surface area contributed by atoms with Crippen LogP contribution in [0.1, 0.15) is 6.92 Å². The fraction of sp³-hybridized carbons (Fsp3) is 0.778. The SMILES string of the molecule is CC(=O)NCCN1CCN(C(=O)O)CC1. The van der Waals surface area contributed by atoms with Crippen LogP contribution in [0.2, 0.25) is 0 Å². The van der Waals surface area contributed by atoms with E-state index < -0.39 is 6.09 Å². The maximum Gasteiger partial charge on any atom is 0.407 e. The summed E-state index contributed by atoms with van der Waals surface area (Å²) < 4.78 is 0. The standard InChI is InChI=1S/C9H17N3O3/c1-8(13)10-2-3-11-4-6-12(7-5-11)9(14)15/h2-7H2,1H3,(H,10,13)(H,14,15). The van der Waals surface area contributed by atoms with Crippen LogP contribution in [-0.4, -0.2) is 66.2 Å². The van der Waals surface area contributed by atoms with E-state index in [4.69, 9.17) is 5.11 Å². The van der Waals surface area contributed by atoms with Gasteiger partial charge < -0.3 is 15.3 Å². The topological polar surface area (TPSA) is 72.9 Å². The van der Waals surface area contributed by atoms with Crippen molar-refractivity contribution in [3.05, 3.63) is 0 Å². The molecule has 86 valence electrons. The summed E-state index contributed by atoms with van der Waals surface area (Å²) in [5.74, 6) is -0.0285. The van der Waals surface area contributed by atoms with Crippen LogP contribution in [0.25, 0.3) is 0 Å². The minimum absolute atomic E-state index is 0.0285. The molecule has 6 heteroatoms. The molecule has 0 saturated carbocycles. The van der Waals surface area contributed by atoms with Crippen LogP contribution in [0.3, 0.4) is 0 Å². The number of nitrogens with zero attached hydrogens (tertiary/aromatic N) is 2. The number of nitrogens with one attached hydrogen (secondary N) is 1. The molecule has 0 aromatic rings. The minimum Gasteiger partial charge on any atom is -0.465 e. The van der Waals surface area contributed by atoms with Crippen molar-refractivity contribution in [2.75, 3.05) is 39.3 Å². The number of rotatable bonds is 3. The second-order valence-electron chi connectivity index (χ2n) is 3.59. The van der Waals surface area contributed by atoms with Gasteiger partial charge in [-0.05, 0) is 0 Å². The van der Waals surface area contributed by atoms with Gasteiger partial charge in [0.25, 0.3) is 0 Å². The summed E-state index contributed by atoms with van der Waals surface area (Å²) in [6.45, 7) is 5.49. The predicted octanol–water partition coefficient (Wildman–Crippen LogP) is -0.582. The number of amides is 2. The maximum absolute atomic E-state index is 10.6. The summed E-state index contributed by atoms with van der Waals surface area (Å²) in [6, 6.07) is 0. The van der Waals surface area contributed by atoms with E-state index in [0.29, 0.717) is 19.6 Å². The Labute approximate surface area is 88.8 Å². The van der Waals surface area contributed by atoms with Crippen molar-refractivity contribution in [2.24, 2.45) is 0 Å². The molecule has 0 atom stereocenters. The maximum atomic E-state index is 10.6. The van der Waals surface area contributed by atoms with Gasteiger partial charge in [-0.2, -0.15) is 0 Å². The van der Waals surface area contributed by atoms with E-state index in [0.717, 1.165) is 19.6 Å². The number of carbonyl (C=O) groups excluding carboxylic acids is 1. The quantitative estimate of drug-likeness (QED) is 0.660. The molecule has 1 saturated heterocycles. The molecule has 1 aliphatic rings. The Morgan fingerprint density at radius 2 is 1.87 bits per heavy atom. The summed E-state index contributed by atoms with van der Waals surface area (Å²) in [6.07, 6.45) is -0.850. The lowest BCUT2D eigenvalue weighted by Gasteiger charge is -2.32. The highest BCUT2D eigenvalue weighted by Gasteiger charge is 2.19. The number of piperazine rings is 1. The number of hydrogen-bond acceptors (Lipinski definition) is 3. The van der Waals surface area contributed by atoms with Gasteiger partial charge in [0.1, 0.15) is 0 Å². The normalized spacial score (nSPS) is 17.5. The highest BCUT2D eigenvalue weighted by Crippen LogP contribution is 2.00. The molecule has 0 radical (unpaired) electrons. The molecular weight excluding hydrogens is 198 g/mol. The van der Waals surface area contributed by atoms with E-state index in [2.05, 4.69) is 10.2 Å². The molecule has 6 nitrogen and oxygen atoms in total. The van der Waals surface area contributed by atoms with Gasteiger partial charge in [-0.25, -0.2) is 4.79 Å². The van der Waals surface area contributed by atoms with Crippen molar-refractivity contribution in [2.45, 2.75) is 6.92 Å². The monoisotopic (exact) mass is 215 g/mol. The van der Waals surface area contributed by atoms with Gasteiger partial charge in [0.2, 0.25) is 5.91 Å². The Kier molecular flexibility index (Phi) is 4.36. The summed E-state index contributed by atoms with van der Waals surface area (Å²) in [5.41, 5.74) is 0. The average molecular weight is 215 g/mol. The van der Waals surface area contributed by atoms with Crippen LogP contribution in [0.4, 0.5) is 4.79 Å². The molecule has 1 fully saturated rings. The lowest BCUT2D eigenvalue weighted by atomic mass is 10.3. The lowest BCUT2D eigenvalue weighted by Crippen LogP contribution is -2.49. The van der Waals surface area contributed by atoms with Gasteiger partial charge in [0.15, 0.2) is 0 Å². The second-order valence-corrected chi connectivity index (χ2v) is 3.59. The molecule has 0 aliphatic carbocycles. The van der Waals surface area contributed by atoms with E-state index >= 15 is 0 Å². The Morgan fingerprint density at radius 1 is 1.27 bits per heavy atom. The zero-order valence-corrected chi connectivity index (χ0v) is 8.90. The van der Waals surface area contributed by atoms with Gasteiger partial charge in [-0.1, -0.05) is 0 Å². The first kappa shape index (κ1) is 11.8. The molecule has 0 bridgehead atoms. The van der Waals surface area contributed by atoms with Gasteiger partial charge >= 0.3 is 6.09 Å². The highest BCUT2D eigenvalue weighted by molar-refractivity contribution is 5.72. The summed E-state index contributed by atoms with van der Waals surface area (Å²) in [5, 5.41) is 11.4. The van der Waals surface area contributed by atoms with Crippen LogP contribution in [-0.2, 0) is 4.79 Å². The van der Waals surface area contributed by atoms with E-state index in [1.165, 1.54) is 11.8 Å². The van der Waals surface area contributed by atoms with Crippen molar-refractivity contribution in [3.63, 3.8) is 0 Å². The Morgan fingerprint density at radius 3 is 2.33 bits per heavy atom. The zero-order chi connectivity index (χ0) is 11.3. The smallest absolute Gasteiger partial charge is 0.407 e. The van der Waals surface area contributed by atoms with Crippen molar-refractivity contribution in [1.82, 2.24) is 15.1 Å². The lowest BCUT2D eigenvalue weighted by molar-refractivity contribution is -0.119. The summed E-state index contributed by atoms with van der Waals surface area (Å²) in [7, 11) is 0. The summed E-state index contributed by atoms with van der Waals surface area (Å²) in [4.78, 5) is 24.8. The highest BCUT2D eigenvalue weighted by atomic mass is 16.4. The number of hydrogen-bond donors (Lipinski definition) is 2. The average Bonchev–Trinajstić information content (AvgIpc) is 2.18. The van der Waals surface area contributed by atoms with Crippen molar-refractivity contribution >= 4 is 12.0 Å². The third kappa shape index (κ3) is 4.16.